The molecule has 3 rings (SSSR count). The van der Waals surface area contributed by atoms with Crippen LogP contribution in [-0.2, 0) is 18.0 Å². The van der Waals surface area contributed by atoms with E-state index < -0.39 is 0 Å². The molecule has 23 heavy (non-hydrogen) atoms. The summed E-state index contributed by atoms with van der Waals surface area (Å²) < 4.78 is 10.6. The fraction of sp³-hybridized carbons (Fsp3) is 0.529. The monoisotopic (exact) mass is 332 g/mol. The van der Waals surface area contributed by atoms with Gasteiger partial charge in [-0.3, -0.25) is 9.47 Å². The average molecular weight is 332 g/mol. The molecule has 0 radical (unpaired) electrons. The number of hydrogen-bond acceptors (Lipinski definition) is 4. The second kappa shape index (κ2) is 6.95. The van der Waals surface area contributed by atoms with Gasteiger partial charge in [0.25, 0.3) is 0 Å². The predicted octanol–water partition coefficient (Wildman–Crippen LogP) is 2.84. The molecule has 2 aromatic rings. The van der Waals surface area contributed by atoms with Crippen LogP contribution in [0.15, 0.2) is 30.3 Å². The molecule has 124 valence electrons. The highest BCUT2D eigenvalue weighted by Crippen LogP contribution is 2.13. The topological polar surface area (TPSA) is 35.2 Å². The van der Waals surface area contributed by atoms with Gasteiger partial charge in [0.2, 0.25) is 0 Å². The molecule has 1 aliphatic heterocycles. The number of aryl methyl sites for hydroxylation is 1. The van der Waals surface area contributed by atoms with Crippen molar-refractivity contribution in [3.8, 4) is 0 Å². The molecule has 6 heteroatoms. The summed E-state index contributed by atoms with van der Waals surface area (Å²) in [6, 6.07) is 10.4. The van der Waals surface area contributed by atoms with Gasteiger partial charge in [-0.1, -0.05) is 30.3 Å². The van der Waals surface area contributed by atoms with Gasteiger partial charge in [0.15, 0.2) is 4.77 Å². The maximum absolute atomic E-state index is 5.79. The summed E-state index contributed by atoms with van der Waals surface area (Å²) in [7, 11) is 0. The number of rotatable bonds is 4. The highest BCUT2D eigenvalue weighted by atomic mass is 32.1. The van der Waals surface area contributed by atoms with E-state index in [2.05, 4.69) is 52.7 Å². The normalized spacial score (nSPS) is 22.4. The Bertz CT molecular complexity index is 699. The van der Waals surface area contributed by atoms with E-state index in [1.165, 1.54) is 5.56 Å². The Labute approximate surface area is 142 Å². The summed E-state index contributed by atoms with van der Waals surface area (Å²) in [5.74, 6) is 0.952. The summed E-state index contributed by atoms with van der Waals surface area (Å²) in [4.78, 5) is 2.36. The lowest BCUT2D eigenvalue weighted by molar-refractivity contribution is -0.0777. The zero-order valence-electron chi connectivity index (χ0n) is 14.0. The van der Waals surface area contributed by atoms with E-state index >= 15 is 0 Å². The Kier molecular flexibility index (Phi) is 4.94. The van der Waals surface area contributed by atoms with Crippen molar-refractivity contribution in [1.29, 1.82) is 0 Å². The number of aromatic nitrogens is 3. The van der Waals surface area contributed by atoms with E-state index in [1.54, 1.807) is 0 Å². The molecule has 0 amide bonds. The van der Waals surface area contributed by atoms with Crippen LogP contribution in [0.5, 0.6) is 0 Å². The molecule has 2 atom stereocenters. The third-order valence-electron chi connectivity index (χ3n) is 4.12. The summed E-state index contributed by atoms with van der Waals surface area (Å²) in [6.07, 6.45) is 0.501. The zero-order valence-corrected chi connectivity index (χ0v) is 14.8. The maximum atomic E-state index is 5.79. The third-order valence-corrected chi connectivity index (χ3v) is 4.55. The maximum Gasteiger partial charge on any atom is 0.199 e. The Morgan fingerprint density at radius 2 is 1.83 bits per heavy atom. The van der Waals surface area contributed by atoms with Gasteiger partial charge in [0, 0.05) is 13.1 Å². The second-order valence-electron chi connectivity index (χ2n) is 6.34. The van der Waals surface area contributed by atoms with Crippen LogP contribution < -0.4 is 0 Å². The number of morpholine rings is 1. The molecule has 0 unspecified atom stereocenters. The molecule has 2 heterocycles. The first-order valence-electron chi connectivity index (χ1n) is 8.09. The molecule has 5 nitrogen and oxygen atoms in total. The van der Waals surface area contributed by atoms with Crippen LogP contribution >= 0.6 is 12.2 Å². The second-order valence-corrected chi connectivity index (χ2v) is 6.70. The first-order valence-corrected chi connectivity index (χ1v) is 8.49. The van der Waals surface area contributed by atoms with Gasteiger partial charge in [-0.25, -0.2) is 4.68 Å². The molecular formula is C17H24N4OS. The van der Waals surface area contributed by atoms with Crippen molar-refractivity contribution in [3.05, 3.63) is 46.5 Å². The van der Waals surface area contributed by atoms with Crippen LogP contribution in [0.1, 0.15) is 25.2 Å². The molecule has 1 aromatic heterocycles. The highest BCUT2D eigenvalue weighted by Gasteiger charge is 2.23. The van der Waals surface area contributed by atoms with E-state index in [4.69, 9.17) is 17.0 Å². The summed E-state index contributed by atoms with van der Waals surface area (Å²) >= 11 is 5.64. The van der Waals surface area contributed by atoms with Crippen LogP contribution in [0.2, 0.25) is 0 Å². The van der Waals surface area contributed by atoms with E-state index in [0.29, 0.717) is 0 Å². The molecule has 0 aliphatic carbocycles. The quantitative estimate of drug-likeness (QED) is 0.807. The lowest BCUT2D eigenvalue weighted by atomic mass is 10.2. The summed E-state index contributed by atoms with van der Waals surface area (Å²) in [5.41, 5.74) is 1.24. The van der Waals surface area contributed by atoms with E-state index in [1.807, 2.05) is 17.7 Å². The molecule has 1 saturated heterocycles. The van der Waals surface area contributed by atoms with E-state index in [-0.39, 0.29) is 12.2 Å². The minimum atomic E-state index is 0.250. The van der Waals surface area contributed by atoms with Crippen LogP contribution in [0.3, 0.4) is 0 Å². The number of hydrogen-bond donors (Lipinski definition) is 0. The summed E-state index contributed by atoms with van der Waals surface area (Å²) in [6.45, 7) is 9.55. The van der Waals surface area contributed by atoms with Crippen LogP contribution in [0.25, 0.3) is 0 Å². The zero-order chi connectivity index (χ0) is 16.4. The van der Waals surface area contributed by atoms with Gasteiger partial charge < -0.3 is 4.74 Å². The molecule has 1 aliphatic rings. The van der Waals surface area contributed by atoms with Crippen molar-refractivity contribution in [2.45, 2.75) is 46.2 Å². The van der Waals surface area contributed by atoms with Gasteiger partial charge in [-0.05, 0) is 38.6 Å². The first kappa shape index (κ1) is 16.4. The molecule has 1 aromatic carbocycles. The molecule has 0 N–H and O–H groups in total. The number of ether oxygens (including phenoxy) is 1. The largest absolute Gasteiger partial charge is 0.373 e. The lowest BCUT2D eigenvalue weighted by Crippen LogP contribution is -2.46. The summed E-state index contributed by atoms with van der Waals surface area (Å²) in [5, 5.41) is 4.64. The highest BCUT2D eigenvalue weighted by molar-refractivity contribution is 7.71. The van der Waals surface area contributed by atoms with Gasteiger partial charge in [-0.2, -0.15) is 5.10 Å². The number of nitrogens with zero attached hydrogens (tertiary/aromatic N) is 4. The standard InChI is InChI=1S/C17H24N4OS/c1-13-9-19(10-14(2)22-13)12-21-17(23)20(15(3)18-21)11-16-7-5-4-6-8-16/h4-8,13-14H,9-12H2,1-3H3/t13-,14-/m1/s1. The fourth-order valence-corrected chi connectivity index (χ4v) is 3.47. The van der Waals surface area contributed by atoms with Crippen molar-refractivity contribution in [2.24, 2.45) is 0 Å². The van der Waals surface area contributed by atoms with Crippen LogP contribution in [0, 0.1) is 11.7 Å². The van der Waals surface area contributed by atoms with E-state index in [0.717, 1.165) is 36.9 Å². The van der Waals surface area contributed by atoms with Crippen molar-refractivity contribution < 1.29 is 4.74 Å². The molecule has 1 fully saturated rings. The molecule has 0 bridgehead atoms. The van der Waals surface area contributed by atoms with Gasteiger partial charge in [-0.15, -0.1) is 0 Å². The van der Waals surface area contributed by atoms with Crippen molar-refractivity contribution in [1.82, 2.24) is 19.2 Å². The predicted molar refractivity (Wildman–Crippen MR) is 92.9 cm³/mol. The SMILES string of the molecule is Cc1nn(CN2C[C@@H](C)O[C@H](C)C2)c(=S)n1Cc1ccccc1. The Morgan fingerprint density at radius 3 is 2.48 bits per heavy atom. The first-order chi connectivity index (χ1) is 11.0. The smallest absolute Gasteiger partial charge is 0.199 e. The Balaban J connectivity index is 1.77. The minimum absolute atomic E-state index is 0.250. The molecule has 0 spiro atoms. The Hall–Kier alpha value is -1.50. The van der Waals surface area contributed by atoms with E-state index in [9.17, 15) is 0 Å². The minimum Gasteiger partial charge on any atom is -0.373 e. The van der Waals surface area contributed by atoms with Crippen molar-refractivity contribution in [3.63, 3.8) is 0 Å². The van der Waals surface area contributed by atoms with Gasteiger partial charge in [0.05, 0.1) is 25.4 Å². The molecule has 0 saturated carbocycles. The molecular weight excluding hydrogens is 308 g/mol. The average Bonchev–Trinajstić information content (AvgIpc) is 2.75. The van der Waals surface area contributed by atoms with Crippen LogP contribution in [0.4, 0.5) is 0 Å². The fourth-order valence-electron chi connectivity index (χ4n) is 3.18. The third kappa shape index (κ3) is 3.88. The van der Waals surface area contributed by atoms with Crippen molar-refractivity contribution >= 4 is 12.2 Å². The van der Waals surface area contributed by atoms with Gasteiger partial charge >= 0.3 is 0 Å². The lowest BCUT2D eigenvalue weighted by Gasteiger charge is -2.34. The van der Waals surface area contributed by atoms with Gasteiger partial charge in [0.1, 0.15) is 5.82 Å². The Morgan fingerprint density at radius 1 is 1.17 bits per heavy atom. The number of benzene rings is 1. The van der Waals surface area contributed by atoms with Crippen LogP contribution in [-0.4, -0.2) is 44.5 Å². The van der Waals surface area contributed by atoms with Crippen molar-refractivity contribution in [2.75, 3.05) is 13.1 Å².